The predicted molar refractivity (Wildman–Crippen MR) is 70.2 cm³/mol. The summed E-state index contributed by atoms with van der Waals surface area (Å²) in [7, 11) is 1.62. The van der Waals surface area contributed by atoms with E-state index in [1.807, 2.05) is 18.2 Å². The molecule has 1 aliphatic heterocycles. The molecule has 1 amide bonds. The van der Waals surface area contributed by atoms with Crippen LogP contribution in [0.5, 0.6) is 0 Å². The minimum absolute atomic E-state index is 0.0471. The minimum Gasteiger partial charge on any atom is -0.378 e. The molecule has 1 aromatic carbocycles. The molecule has 100 valence electrons. The molecular formula is C14H17N3O2. The van der Waals surface area contributed by atoms with Crippen LogP contribution in [0.4, 0.5) is 0 Å². The fraction of sp³-hybridized carbons (Fsp3) is 0.429. The fourth-order valence-corrected chi connectivity index (χ4v) is 2.22. The van der Waals surface area contributed by atoms with Crippen LogP contribution in [0, 0.1) is 11.3 Å². The van der Waals surface area contributed by atoms with Gasteiger partial charge in [0.25, 0.3) is 0 Å². The van der Waals surface area contributed by atoms with Crippen LogP contribution in [0.25, 0.3) is 0 Å². The van der Waals surface area contributed by atoms with Gasteiger partial charge in [0.1, 0.15) is 6.04 Å². The molecule has 0 saturated carbocycles. The van der Waals surface area contributed by atoms with Gasteiger partial charge in [-0.2, -0.15) is 5.26 Å². The smallest absolute Gasteiger partial charge is 0.239 e. The third kappa shape index (κ3) is 3.11. The number of hydrogen-bond acceptors (Lipinski definition) is 4. The Balaban J connectivity index is 2.16. The number of rotatable bonds is 3. The third-order valence-corrected chi connectivity index (χ3v) is 3.30. The molecule has 5 nitrogen and oxygen atoms in total. The van der Waals surface area contributed by atoms with E-state index in [1.54, 1.807) is 13.1 Å². The predicted octanol–water partition coefficient (Wildman–Crippen LogP) is 0.505. The Bertz CT molecular complexity index is 496. The summed E-state index contributed by atoms with van der Waals surface area (Å²) in [5, 5.41) is 11.8. The fourth-order valence-electron chi connectivity index (χ4n) is 2.22. The van der Waals surface area contributed by atoms with Crippen LogP contribution in [0.2, 0.25) is 0 Å². The maximum Gasteiger partial charge on any atom is 0.239 e. The monoisotopic (exact) mass is 259 g/mol. The average Bonchev–Trinajstić information content (AvgIpc) is 2.47. The first-order chi connectivity index (χ1) is 9.26. The summed E-state index contributed by atoms with van der Waals surface area (Å²) in [6.45, 7) is 2.29. The van der Waals surface area contributed by atoms with Gasteiger partial charge in [-0.05, 0) is 11.6 Å². The number of amides is 1. The summed E-state index contributed by atoms with van der Waals surface area (Å²) in [5.74, 6) is -0.0471. The van der Waals surface area contributed by atoms with Crippen molar-refractivity contribution in [1.29, 1.82) is 5.26 Å². The highest BCUT2D eigenvalue weighted by Gasteiger charge is 2.28. The van der Waals surface area contributed by atoms with Gasteiger partial charge in [-0.15, -0.1) is 0 Å². The minimum atomic E-state index is -0.287. The van der Waals surface area contributed by atoms with Gasteiger partial charge < -0.3 is 10.1 Å². The number of nitrogens with zero attached hydrogens (tertiary/aromatic N) is 2. The number of carbonyl (C=O) groups excluding carboxylic acids is 1. The molecule has 0 bridgehead atoms. The van der Waals surface area contributed by atoms with Crippen molar-refractivity contribution in [3.05, 3.63) is 35.4 Å². The van der Waals surface area contributed by atoms with Crippen LogP contribution in [-0.2, 0) is 16.1 Å². The number of carbonyl (C=O) groups is 1. The zero-order chi connectivity index (χ0) is 13.7. The third-order valence-electron chi connectivity index (χ3n) is 3.30. The van der Waals surface area contributed by atoms with Crippen molar-refractivity contribution in [2.45, 2.75) is 12.6 Å². The van der Waals surface area contributed by atoms with E-state index in [1.165, 1.54) is 0 Å². The summed E-state index contributed by atoms with van der Waals surface area (Å²) in [6.07, 6.45) is 0. The molecule has 0 radical (unpaired) electrons. The summed E-state index contributed by atoms with van der Waals surface area (Å²) in [6, 6.07) is 9.37. The quantitative estimate of drug-likeness (QED) is 0.858. The number of benzene rings is 1. The van der Waals surface area contributed by atoms with Crippen molar-refractivity contribution >= 4 is 5.91 Å². The highest BCUT2D eigenvalue weighted by atomic mass is 16.5. The van der Waals surface area contributed by atoms with Crippen molar-refractivity contribution in [3.63, 3.8) is 0 Å². The van der Waals surface area contributed by atoms with Gasteiger partial charge >= 0.3 is 0 Å². The molecule has 0 aliphatic carbocycles. The lowest BCUT2D eigenvalue weighted by Crippen LogP contribution is -2.52. The first-order valence-electron chi connectivity index (χ1n) is 6.27. The molecule has 19 heavy (non-hydrogen) atoms. The maximum atomic E-state index is 11.8. The lowest BCUT2D eigenvalue weighted by atomic mass is 10.1. The number of ether oxygens (including phenoxy) is 1. The zero-order valence-corrected chi connectivity index (χ0v) is 10.9. The van der Waals surface area contributed by atoms with Crippen LogP contribution >= 0.6 is 0 Å². The first-order valence-corrected chi connectivity index (χ1v) is 6.27. The van der Waals surface area contributed by atoms with Gasteiger partial charge in [-0.25, -0.2) is 0 Å². The Kier molecular flexibility index (Phi) is 4.50. The van der Waals surface area contributed by atoms with E-state index in [-0.39, 0.29) is 11.9 Å². The Morgan fingerprint density at radius 3 is 3.11 bits per heavy atom. The Morgan fingerprint density at radius 2 is 2.37 bits per heavy atom. The second kappa shape index (κ2) is 6.32. The second-order valence-corrected chi connectivity index (χ2v) is 4.44. The van der Waals surface area contributed by atoms with Crippen molar-refractivity contribution < 1.29 is 9.53 Å². The van der Waals surface area contributed by atoms with Gasteiger partial charge in [-0.3, -0.25) is 9.69 Å². The zero-order valence-electron chi connectivity index (χ0n) is 10.9. The van der Waals surface area contributed by atoms with Crippen LogP contribution in [-0.4, -0.2) is 43.7 Å². The summed E-state index contributed by atoms with van der Waals surface area (Å²) in [4.78, 5) is 13.9. The molecule has 2 rings (SSSR count). The number of nitrogens with one attached hydrogen (secondary N) is 1. The highest BCUT2D eigenvalue weighted by molar-refractivity contribution is 5.81. The lowest BCUT2D eigenvalue weighted by molar-refractivity contribution is -0.132. The summed E-state index contributed by atoms with van der Waals surface area (Å²) >= 11 is 0. The Morgan fingerprint density at radius 1 is 1.58 bits per heavy atom. The van der Waals surface area contributed by atoms with Gasteiger partial charge in [0.15, 0.2) is 0 Å². The molecule has 1 fully saturated rings. The molecule has 0 spiro atoms. The Labute approximate surface area is 112 Å². The van der Waals surface area contributed by atoms with Gasteiger partial charge in [0.2, 0.25) is 5.91 Å². The van der Waals surface area contributed by atoms with Crippen molar-refractivity contribution in [2.24, 2.45) is 0 Å². The van der Waals surface area contributed by atoms with Crippen LogP contribution in [0.15, 0.2) is 24.3 Å². The topological polar surface area (TPSA) is 65.4 Å². The number of hydrogen-bond donors (Lipinski definition) is 1. The molecule has 1 aliphatic rings. The van der Waals surface area contributed by atoms with Gasteiger partial charge in [0, 0.05) is 20.1 Å². The lowest BCUT2D eigenvalue weighted by Gasteiger charge is -2.34. The SMILES string of the molecule is CNC(=O)C1COCCN1Cc1ccccc1C#N. The largest absolute Gasteiger partial charge is 0.378 e. The first kappa shape index (κ1) is 13.5. The van der Waals surface area contributed by atoms with Crippen LogP contribution in [0.1, 0.15) is 11.1 Å². The highest BCUT2D eigenvalue weighted by Crippen LogP contribution is 2.15. The van der Waals surface area contributed by atoms with E-state index >= 15 is 0 Å². The molecule has 1 aromatic rings. The summed E-state index contributed by atoms with van der Waals surface area (Å²) in [5.41, 5.74) is 1.60. The maximum absolute atomic E-state index is 11.8. The number of likely N-dealkylation sites (N-methyl/N-ethyl adjacent to an activating group) is 1. The molecule has 5 heteroatoms. The molecule has 1 atom stereocenters. The molecule has 1 unspecified atom stereocenters. The van der Waals surface area contributed by atoms with E-state index in [0.717, 1.165) is 5.56 Å². The molecule has 1 N–H and O–H groups in total. The summed E-state index contributed by atoms with van der Waals surface area (Å²) < 4.78 is 5.36. The molecule has 1 saturated heterocycles. The molecule has 1 heterocycles. The van der Waals surface area contributed by atoms with Gasteiger partial charge in [0.05, 0.1) is 24.8 Å². The normalized spacial score (nSPS) is 19.7. The van der Waals surface area contributed by atoms with Gasteiger partial charge in [-0.1, -0.05) is 18.2 Å². The van der Waals surface area contributed by atoms with Crippen LogP contribution in [0.3, 0.4) is 0 Å². The van der Waals surface area contributed by atoms with Crippen molar-refractivity contribution in [3.8, 4) is 6.07 Å². The van der Waals surface area contributed by atoms with Crippen LogP contribution < -0.4 is 5.32 Å². The van der Waals surface area contributed by atoms with E-state index in [2.05, 4.69) is 16.3 Å². The van der Waals surface area contributed by atoms with Crippen molar-refractivity contribution in [1.82, 2.24) is 10.2 Å². The Hall–Kier alpha value is -1.90. The standard InChI is InChI=1S/C14H17N3O2/c1-16-14(18)13-10-19-7-6-17(13)9-12-5-3-2-4-11(12)8-15/h2-5,13H,6-7,9-10H2,1H3,(H,16,18). The van der Waals surface area contributed by atoms with E-state index in [0.29, 0.717) is 31.9 Å². The molecular weight excluding hydrogens is 242 g/mol. The van der Waals surface area contributed by atoms with Crippen molar-refractivity contribution in [2.75, 3.05) is 26.8 Å². The van der Waals surface area contributed by atoms with E-state index in [4.69, 9.17) is 10.00 Å². The number of morpholine rings is 1. The molecule has 0 aromatic heterocycles. The second-order valence-electron chi connectivity index (χ2n) is 4.44. The van der Waals surface area contributed by atoms with E-state index in [9.17, 15) is 4.79 Å². The number of nitriles is 1. The average molecular weight is 259 g/mol. The van der Waals surface area contributed by atoms with E-state index < -0.39 is 0 Å².